The molecular weight excluding hydrogens is 462 g/mol. The minimum Gasteiger partial charge on any atom is -0.458 e. The molecule has 0 atom stereocenters. The van der Waals surface area contributed by atoms with Gasteiger partial charge in [-0.15, -0.1) is 0 Å². The molecule has 174 valence electrons. The minimum atomic E-state index is -0.987. The maximum absolute atomic E-state index is 12.0. The number of nitrogens with one attached hydrogen (secondary N) is 4. The van der Waals surface area contributed by atoms with E-state index < -0.39 is 23.6 Å². The highest BCUT2D eigenvalue weighted by molar-refractivity contribution is 6.40. The number of para-hydroxylation sites is 1. The van der Waals surface area contributed by atoms with Gasteiger partial charge >= 0.3 is 23.6 Å². The van der Waals surface area contributed by atoms with Crippen LogP contribution in [0.3, 0.4) is 0 Å². The Morgan fingerprint density at radius 1 is 0.912 bits per heavy atom. The summed E-state index contributed by atoms with van der Waals surface area (Å²) in [6.45, 7) is 1.72. The Morgan fingerprint density at radius 2 is 1.65 bits per heavy atom. The SMILES string of the molecule is Cc1ccc(Cl)cc1NC(=O)C(=O)N/N=C/c1ccc(CNC(=O)C(=O)Nc2ccccc2)o1. The van der Waals surface area contributed by atoms with Crippen molar-refractivity contribution < 1.29 is 23.6 Å². The van der Waals surface area contributed by atoms with Crippen LogP contribution in [0.2, 0.25) is 5.02 Å². The smallest absolute Gasteiger partial charge is 0.329 e. The van der Waals surface area contributed by atoms with Crippen molar-refractivity contribution in [2.24, 2.45) is 5.10 Å². The van der Waals surface area contributed by atoms with Crippen molar-refractivity contribution in [1.29, 1.82) is 0 Å². The lowest BCUT2D eigenvalue weighted by atomic mass is 10.2. The van der Waals surface area contributed by atoms with Crippen molar-refractivity contribution in [2.75, 3.05) is 10.6 Å². The van der Waals surface area contributed by atoms with Crippen molar-refractivity contribution in [3.05, 3.63) is 82.8 Å². The largest absolute Gasteiger partial charge is 0.458 e. The summed E-state index contributed by atoms with van der Waals surface area (Å²) in [5.74, 6) is -2.94. The number of hydrogen-bond acceptors (Lipinski definition) is 6. The van der Waals surface area contributed by atoms with Crippen molar-refractivity contribution in [3.63, 3.8) is 0 Å². The van der Waals surface area contributed by atoms with Gasteiger partial charge in [0.05, 0.1) is 12.8 Å². The van der Waals surface area contributed by atoms with Crippen molar-refractivity contribution >= 4 is 52.8 Å². The van der Waals surface area contributed by atoms with Gasteiger partial charge in [0.1, 0.15) is 11.5 Å². The molecule has 0 saturated heterocycles. The van der Waals surface area contributed by atoms with Crippen LogP contribution in [0.5, 0.6) is 0 Å². The number of hydrogen-bond donors (Lipinski definition) is 4. The number of hydrazone groups is 1. The third-order valence-corrected chi connectivity index (χ3v) is 4.59. The normalized spacial score (nSPS) is 10.5. The predicted octanol–water partition coefficient (Wildman–Crippen LogP) is 2.59. The number of carbonyl (C=O) groups excluding carboxylic acids is 4. The third-order valence-electron chi connectivity index (χ3n) is 4.36. The lowest BCUT2D eigenvalue weighted by Gasteiger charge is -2.07. The molecule has 1 heterocycles. The zero-order valence-corrected chi connectivity index (χ0v) is 18.7. The van der Waals surface area contributed by atoms with E-state index in [4.69, 9.17) is 16.0 Å². The fourth-order valence-corrected chi connectivity index (χ4v) is 2.80. The fourth-order valence-electron chi connectivity index (χ4n) is 2.63. The molecule has 10 nitrogen and oxygen atoms in total. The van der Waals surface area contributed by atoms with Gasteiger partial charge in [0, 0.05) is 16.4 Å². The Morgan fingerprint density at radius 3 is 2.41 bits per heavy atom. The Kier molecular flexibility index (Phi) is 8.14. The zero-order valence-electron chi connectivity index (χ0n) is 17.9. The molecule has 3 aromatic rings. The van der Waals surface area contributed by atoms with Crippen molar-refractivity contribution in [1.82, 2.24) is 10.7 Å². The first-order valence-electron chi connectivity index (χ1n) is 9.95. The van der Waals surface area contributed by atoms with Crippen LogP contribution in [0.1, 0.15) is 17.1 Å². The molecule has 0 radical (unpaired) electrons. The molecule has 1 aromatic heterocycles. The molecule has 0 bridgehead atoms. The van der Waals surface area contributed by atoms with E-state index in [2.05, 4.69) is 26.5 Å². The molecule has 3 rings (SSSR count). The quantitative estimate of drug-likeness (QED) is 0.243. The van der Waals surface area contributed by atoms with E-state index in [0.717, 1.165) is 5.56 Å². The number of aryl methyl sites for hydroxylation is 1. The standard InChI is InChI=1S/C23H20ClN5O5/c1-14-7-8-15(24)11-19(14)28-22(32)23(33)29-26-13-18-10-9-17(34-18)12-25-20(30)21(31)27-16-5-3-2-4-6-16/h2-11,13H,12H2,1H3,(H,25,30)(H,27,31)(H,28,32)(H,29,33)/b26-13+. The van der Waals surface area contributed by atoms with E-state index in [1.165, 1.54) is 18.3 Å². The Labute approximate surface area is 199 Å². The maximum atomic E-state index is 12.0. The lowest BCUT2D eigenvalue weighted by Crippen LogP contribution is -2.34. The number of carbonyl (C=O) groups is 4. The number of anilines is 2. The summed E-state index contributed by atoms with van der Waals surface area (Å²) in [6, 6.07) is 16.6. The van der Waals surface area contributed by atoms with Crippen LogP contribution >= 0.6 is 11.6 Å². The molecule has 0 spiro atoms. The highest BCUT2D eigenvalue weighted by Gasteiger charge is 2.15. The number of benzene rings is 2. The van der Waals surface area contributed by atoms with Crippen LogP contribution in [0.15, 0.2) is 70.2 Å². The van der Waals surface area contributed by atoms with E-state index >= 15 is 0 Å². The topological polar surface area (TPSA) is 142 Å². The van der Waals surface area contributed by atoms with Gasteiger partial charge in [0.25, 0.3) is 0 Å². The van der Waals surface area contributed by atoms with E-state index in [1.54, 1.807) is 55.5 Å². The molecule has 0 aliphatic rings. The molecule has 2 aromatic carbocycles. The highest BCUT2D eigenvalue weighted by atomic mass is 35.5. The van der Waals surface area contributed by atoms with Gasteiger partial charge in [-0.2, -0.15) is 5.10 Å². The second-order valence-corrected chi connectivity index (χ2v) is 7.36. The van der Waals surface area contributed by atoms with Gasteiger partial charge < -0.3 is 20.4 Å². The lowest BCUT2D eigenvalue weighted by molar-refractivity contribution is -0.136. The first-order valence-corrected chi connectivity index (χ1v) is 10.3. The van der Waals surface area contributed by atoms with Crippen LogP contribution in [0.4, 0.5) is 11.4 Å². The first-order chi connectivity index (χ1) is 16.3. The summed E-state index contributed by atoms with van der Waals surface area (Å²) in [7, 11) is 0. The zero-order chi connectivity index (χ0) is 24.5. The van der Waals surface area contributed by atoms with Gasteiger partial charge in [0.15, 0.2) is 0 Å². The third kappa shape index (κ3) is 7.04. The summed E-state index contributed by atoms with van der Waals surface area (Å²) in [5.41, 5.74) is 3.73. The Hall–Kier alpha value is -4.44. The second-order valence-electron chi connectivity index (χ2n) is 6.92. The summed E-state index contributed by atoms with van der Waals surface area (Å²) < 4.78 is 5.44. The van der Waals surface area contributed by atoms with Gasteiger partial charge in [-0.25, -0.2) is 5.43 Å². The predicted molar refractivity (Wildman–Crippen MR) is 126 cm³/mol. The Bertz CT molecular complexity index is 1240. The van der Waals surface area contributed by atoms with Crippen molar-refractivity contribution in [2.45, 2.75) is 13.5 Å². The maximum Gasteiger partial charge on any atom is 0.329 e. The number of nitrogens with zero attached hydrogens (tertiary/aromatic N) is 1. The number of rotatable bonds is 6. The molecule has 0 saturated carbocycles. The van der Waals surface area contributed by atoms with Crippen molar-refractivity contribution in [3.8, 4) is 0 Å². The van der Waals surface area contributed by atoms with Gasteiger partial charge in [-0.1, -0.05) is 35.9 Å². The summed E-state index contributed by atoms with van der Waals surface area (Å²) in [4.78, 5) is 47.8. The molecule has 0 unspecified atom stereocenters. The average Bonchev–Trinajstić information content (AvgIpc) is 3.28. The molecule has 11 heteroatoms. The van der Waals surface area contributed by atoms with E-state index in [0.29, 0.717) is 22.2 Å². The van der Waals surface area contributed by atoms with E-state index in [-0.39, 0.29) is 12.3 Å². The van der Waals surface area contributed by atoms with Crippen LogP contribution in [-0.4, -0.2) is 29.8 Å². The average molecular weight is 482 g/mol. The molecule has 4 amide bonds. The Balaban J connectivity index is 1.44. The van der Waals surface area contributed by atoms with Gasteiger partial charge in [-0.05, 0) is 48.9 Å². The van der Waals surface area contributed by atoms with Crippen LogP contribution in [-0.2, 0) is 25.7 Å². The fraction of sp³-hybridized carbons (Fsp3) is 0.0870. The van der Waals surface area contributed by atoms with E-state index in [1.807, 2.05) is 0 Å². The van der Waals surface area contributed by atoms with Crippen LogP contribution < -0.4 is 21.4 Å². The molecule has 34 heavy (non-hydrogen) atoms. The first kappa shape index (κ1) is 24.2. The number of halogens is 1. The van der Waals surface area contributed by atoms with Crippen LogP contribution in [0.25, 0.3) is 0 Å². The summed E-state index contributed by atoms with van der Waals surface area (Å²) in [5, 5.41) is 11.4. The number of furan rings is 1. The number of amides is 4. The van der Waals surface area contributed by atoms with Crippen LogP contribution in [0, 0.1) is 6.92 Å². The van der Waals surface area contributed by atoms with E-state index in [9.17, 15) is 19.2 Å². The van der Waals surface area contributed by atoms with Gasteiger partial charge in [0.2, 0.25) is 0 Å². The minimum absolute atomic E-state index is 0.0391. The molecule has 0 aliphatic carbocycles. The van der Waals surface area contributed by atoms with Gasteiger partial charge in [-0.3, -0.25) is 19.2 Å². The molecule has 0 aliphatic heterocycles. The highest BCUT2D eigenvalue weighted by Crippen LogP contribution is 2.20. The summed E-state index contributed by atoms with van der Waals surface area (Å²) >= 11 is 5.89. The second kappa shape index (κ2) is 11.4. The molecular formula is C23H20ClN5O5. The molecule has 0 fully saturated rings. The summed E-state index contributed by atoms with van der Waals surface area (Å²) in [6.07, 6.45) is 1.18. The molecule has 4 N–H and O–H groups in total. The monoisotopic (exact) mass is 481 g/mol.